The molecule has 0 amide bonds. The molecule has 1 atom stereocenters. The number of hydrogen-bond donors (Lipinski definition) is 4. The van der Waals surface area contributed by atoms with Crippen LogP contribution in [0, 0.1) is 0 Å². The Hall–Kier alpha value is -1.86. The summed E-state index contributed by atoms with van der Waals surface area (Å²) in [6.07, 6.45) is 10.3. The van der Waals surface area contributed by atoms with Crippen molar-refractivity contribution in [1.82, 2.24) is 9.80 Å². The van der Waals surface area contributed by atoms with E-state index in [4.69, 9.17) is 0 Å². The summed E-state index contributed by atoms with van der Waals surface area (Å²) in [5, 5.41) is 38.5. The lowest BCUT2D eigenvalue weighted by atomic mass is 10.0. The van der Waals surface area contributed by atoms with Crippen molar-refractivity contribution in [3.05, 3.63) is 47.5 Å². The van der Waals surface area contributed by atoms with E-state index in [-0.39, 0.29) is 47.8 Å². The van der Waals surface area contributed by atoms with E-state index in [0.29, 0.717) is 6.04 Å². The highest BCUT2D eigenvalue weighted by Gasteiger charge is 2.24. The number of halogens is 2. The van der Waals surface area contributed by atoms with Crippen LogP contribution >= 0.6 is 24.8 Å². The number of rotatable bonds is 14. The highest BCUT2D eigenvalue weighted by molar-refractivity contribution is 5.85. The standard InChI is InChI=1S/C28H42N2O4.2ClH/c1-2-14-29(18-13-22-9-11-25(31)27(33)20-22)15-5-3-4-6-16-30-17-7-8-24(30)19-23-10-12-26(32)28(34)21-23;;/h9-12,20-21,24,31-34H,2-8,13-19H2,1H3;2*1H/t24-;;/m1../s1. The van der Waals surface area contributed by atoms with Crippen LogP contribution in [0.15, 0.2) is 36.4 Å². The average Bonchev–Trinajstić information content (AvgIpc) is 3.25. The maximum atomic E-state index is 9.76. The van der Waals surface area contributed by atoms with Crippen molar-refractivity contribution < 1.29 is 20.4 Å². The molecule has 2 aromatic carbocycles. The van der Waals surface area contributed by atoms with E-state index >= 15 is 0 Å². The zero-order chi connectivity index (χ0) is 24.3. The van der Waals surface area contributed by atoms with Gasteiger partial charge in [-0.25, -0.2) is 0 Å². The summed E-state index contributed by atoms with van der Waals surface area (Å²) >= 11 is 0. The third-order valence-corrected chi connectivity index (χ3v) is 6.98. The zero-order valence-corrected chi connectivity index (χ0v) is 23.1. The number of hydrogen-bond acceptors (Lipinski definition) is 6. The second-order valence-corrected chi connectivity index (χ2v) is 9.69. The molecular weight excluding hydrogens is 499 g/mol. The SMILES string of the molecule is CCCN(CCCCCCN1CCC[C@@H]1Cc1ccc(O)c(O)c1)CCc1ccc(O)c(O)c1.Cl.Cl. The molecule has 0 bridgehead atoms. The first-order valence-corrected chi connectivity index (χ1v) is 12.9. The minimum Gasteiger partial charge on any atom is -0.504 e. The molecule has 4 N–H and O–H groups in total. The summed E-state index contributed by atoms with van der Waals surface area (Å²) in [4.78, 5) is 5.10. The molecule has 1 aliphatic rings. The summed E-state index contributed by atoms with van der Waals surface area (Å²) in [5.74, 6) is -0.181. The van der Waals surface area contributed by atoms with Gasteiger partial charge in [0.2, 0.25) is 0 Å². The van der Waals surface area contributed by atoms with Gasteiger partial charge < -0.3 is 30.2 Å². The lowest BCUT2D eigenvalue weighted by Crippen LogP contribution is -2.32. The Morgan fingerprint density at radius 1 is 0.778 bits per heavy atom. The Morgan fingerprint density at radius 3 is 2.08 bits per heavy atom. The molecule has 0 spiro atoms. The van der Waals surface area contributed by atoms with Crippen LogP contribution in [0.1, 0.15) is 63.0 Å². The van der Waals surface area contributed by atoms with Gasteiger partial charge in [-0.05, 0) is 107 Å². The van der Waals surface area contributed by atoms with Crippen LogP contribution in [0.2, 0.25) is 0 Å². The third kappa shape index (κ3) is 10.3. The lowest BCUT2D eigenvalue weighted by Gasteiger charge is -2.25. The van der Waals surface area contributed by atoms with Gasteiger partial charge in [-0.1, -0.05) is 31.9 Å². The largest absolute Gasteiger partial charge is 0.504 e. The molecule has 2 aromatic rings. The Bertz CT molecular complexity index is 900. The lowest BCUT2D eigenvalue weighted by molar-refractivity contribution is 0.242. The zero-order valence-electron chi connectivity index (χ0n) is 21.4. The average molecular weight is 544 g/mol. The van der Waals surface area contributed by atoms with E-state index in [0.717, 1.165) is 63.1 Å². The molecule has 0 unspecified atom stereocenters. The summed E-state index contributed by atoms with van der Waals surface area (Å²) in [6, 6.07) is 10.8. The van der Waals surface area contributed by atoms with Gasteiger partial charge in [0.05, 0.1) is 0 Å². The Kier molecular flexibility index (Phi) is 15.0. The van der Waals surface area contributed by atoms with Crippen LogP contribution in [0.25, 0.3) is 0 Å². The molecule has 0 saturated carbocycles. The number of unbranched alkanes of at least 4 members (excludes halogenated alkanes) is 3. The van der Waals surface area contributed by atoms with Crippen molar-refractivity contribution in [1.29, 1.82) is 0 Å². The Balaban J connectivity index is 0.00000324. The van der Waals surface area contributed by atoms with Gasteiger partial charge in [0, 0.05) is 12.6 Å². The van der Waals surface area contributed by atoms with Crippen molar-refractivity contribution in [3.8, 4) is 23.0 Å². The Labute approximate surface area is 228 Å². The van der Waals surface area contributed by atoms with Crippen molar-refractivity contribution >= 4 is 24.8 Å². The molecule has 3 rings (SSSR count). The summed E-state index contributed by atoms with van der Waals surface area (Å²) in [5.41, 5.74) is 2.14. The molecule has 0 aliphatic carbocycles. The number of phenols is 4. The maximum absolute atomic E-state index is 9.76. The van der Waals surface area contributed by atoms with Crippen molar-refractivity contribution in [2.45, 2.75) is 70.8 Å². The fraction of sp³-hybridized carbons (Fsp3) is 0.571. The van der Waals surface area contributed by atoms with E-state index in [2.05, 4.69) is 16.7 Å². The van der Waals surface area contributed by atoms with Crippen LogP contribution in [0.5, 0.6) is 23.0 Å². The molecule has 1 fully saturated rings. The third-order valence-electron chi connectivity index (χ3n) is 6.98. The predicted octanol–water partition coefficient (Wildman–Crippen LogP) is 5.87. The first-order valence-electron chi connectivity index (χ1n) is 12.9. The minimum atomic E-state index is -0.0610. The minimum absolute atomic E-state index is 0. The van der Waals surface area contributed by atoms with Gasteiger partial charge >= 0.3 is 0 Å². The molecular formula is C28H44Cl2N2O4. The molecule has 1 saturated heterocycles. The molecule has 6 nitrogen and oxygen atoms in total. The van der Waals surface area contributed by atoms with Crippen molar-refractivity contribution in [2.24, 2.45) is 0 Å². The van der Waals surface area contributed by atoms with Crippen LogP contribution in [0.4, 0.5) is 0 Å². The highest BCUT2D eigenvalue weighted by atomic mass is 35.5. The van der Waals surface area contributed by atoms with E-state index in [1.165, 1.54) is 38.5 Å². The topological polar surface area (TPSA) is 87.4 Å². The molecule has 0 radical (unpaired) electrons. The maximum Gasteiger partial charge on any atom is 0.157 e. The van der Waals surface area contributed by atoms with Gasteiger partial charge in [0.15, 0.2) is 23.0 Å². The summed E-state index contributed by atoms with van der Waals surface area (Å²) in [7, 11) is 0. The number of phenolic OH excluding ortho intramolecular Hbond substituents is 4. The number of nitrogens with zero attached hydrogens (tertiary/aromatic N) is 2. The normalized spacial score (nSPS) is 15.6. The second-order valence-electron chi connectivity index (χ2n) is 9.69. The first kappa shape index (κ1) is 32.2. The van der Waals surface area contributed by atoms with Crippen molar-refractivity contribution in [2.75, 3.05) is 32.7 Å². The molecule has 204 valence electrons. The molecule has 1 heterocycles. The highest BCUT2D eigenvalue weighted by Crippen LogP contribution is 2.28. The smallest absolute Gasteiger partial charge is 0.157 e. The van der Waals surface area contributed by atoms with Crippen molar-refractivity contribution in [3.63, 3.8) is 0 Å². The van der Waals surface area contributed by atoms with E-state index < -0.39 is 0 Å². The van der Waals surface area contributed by atoms with E-state index in [1.807, 2.05) is 12.1 Å². The first-order chi connectivity index (χ1) is 16.5. The summed E-state index contributed by atoms with van der Waals surface area (Å²) in [6.45, 7) is 7.68. The van der Waals surface area contributed by atoms with E-state index in [1.54, 1.807) is 24.3 Å². The number of likely N-dealkylation sites (tertiary alicyclic amines) is 1. The number of benzene rings is 2. The predicted molar refractivity (Wildman–Crippen MR) is 151 cm³/mol. The van der Waals surface area contributed by atoms with E-state index in [9.17, 15) is 20.4 Å². The second kappa shape index (κ2) is 16.8. The monoisotopic (exact) mass is 542 g/mol. The van der Waals surface area contributed by atoms with Gasteiger partial charge in [-0.3, -0.25) is 0 Å². The van der Waals surface area contributed by atoms with Crippen LogP contribution in [-0.4, -0.2) is 69.0 Å². The van der Waals surface area contributed by atoms with Gasteiger partial charge in [0.25, 0.3) is 0 Å². The fourth-order valence-electron chi connectivity index (χ4n) is 5.06. The Morgan fingerprint density at radius 2 is 1.42 bits per heavy atom. The summed E-state index contributed by atoms with van der Waals surface area (Å²) < 4.78 is 0. The van der Waals surface area contributed by atoms with Crippen LogP contribution in [0.3, 0.4) is 0 Å². The fourth-order valence-corrected chi connectivity index (χ4v) is 5.06. The molecule has 8 heteroatoms. The number of aromatic hydroxyl groups is 4. The van der Waals surface area contributed by atoms with Gasteiger partial charge in [-0.15, -0.1) is 24.8 Å². The van der Waals surface area contributed by atoms with Crippen LogP contribution in [-0.2, 0) is 12.8 Å². The molecule has 0 aromatic heterocycles. The van der Waals surface area contributed by atoms with Gasteiger partial charge in [0.1, 0.15) is 0 Å². The van der Waals surface area contributed by atoms with Gasteiger partial charge in [-0.2, -0.15) is 0 Å². The molecule has 36 heavy (non-hydrogen) atoms. The molecule has 1 aliphatic heterocycles. The van der Waals surface area contributed by atoms with Crippen LogP contribution < -0.4 is 0 Å². The quantitative estimate of drug-likeness (QED) is 0.176.